The molecule has 0 fully saturated rings. The van der Waals surface area contributed by atoms with E-state index in [0.717, 1.165) is 39.2 Å². The summed E-state index contributed by atoms with van der Waals surface area (Å²) in [6.45, 7) is 0. The number of hydrogen-bond donors (Lipinski definition) is 0. The highest BCUT2D eigenvalue weighted by atomic mass is 15.0. The molecule has 0 unspecified atom stereocenters. The number of rotatable bonds is 6. The fourth-order valence-corrected chi connectivity index (χ4v) is 7.68. The number of aromatic nitrogens is 3. The van der Waals surface area contributed by atoms with Crippen molar-refractivity contribution in [1.82, 2.24) is 14.5 Å². The second-order valence-corrected chi connectivity index (χ2v) is 13.4. The average Bonchev–Trinajstić information content (AvgIpc) is 3.58. The summed E-state index contributed by atoms with van der Waals surface area (Å²) in [4.78, 5) is 10.3. The topological polar surface area (TPSA) is 30.7 Å². The standard InChI is InChI=1S/C50H33N3/c1-3-13-34(14-4-1)35-23-25-37(26-24-35)46-33-47(52-50(51-46)38-15-5-2-6-16-38)43-32-31-40(41-17-7-8-18-42(41)43)36-27-29-39(30-28-36)53-48-21-11-9-19-44(48)45-20-10-12-22-49(45)53/h1-33H. The Morgan fingerprint density at radius 1 is 0.302 bits per heavy atom. The predicted molar refractivity (Wildman–Crippen MR) is 221 cm³/mol. The molecule has 0 N–H and O–H groups in total. The molecule has 0 bridgehead atoms. The Morgan fingerprint density at radius 3 is 1.40 bits per heavy atom. The van der Waals surface area contributed by atoms with Gasteiger partial charge in [-0.05, 0) is 63.4 Å². The molecule has 0 radical (unpaired) electrons. The molecule has 0 saturated carbocycles. The summed E-state index contributed by atoms with van der Waals surface area (Å²) in [5.41, 5.74) is 13.2. The molecule has 3 nitrogen and oxygen atoms in total. The lowest BCUT2D eigenvalue weighted by Gasteiger charge is -2.15. The fourth-order valence-electron chi connectivity index (χ4n) is 7.68. The van der Waals surface area contributed by atoms with E-state index >= 15 is 0 Å². The van der Waals surface area contributed by atoms with Crippen LogP contribution in [0.4, 0.5) is 0 Å². The Kier molecular flexibility index (Phi) is 7.47. The molecule has 0 amide bonds. The summed E-state index contributed by atoms with van der Waals surface area (Å²) >= 11 is 0. The van der Waals surface area contributed by atoms with Crippen molar-refractivity contribution in [2.75, 3.05) is 0 Å². The molecule has 0 aliphatic rings. The van der Waals surface area contributed by atoms with E-state index in [4.69, 9.17) is 9.97 Å². The van der Waals surface area contributed by atoms with Gasteiger partial charge < -0.3 is 4.57 Å². The van der Waals surface area contributed by atoms with E-state index < -0.39 is 0 Å². The molecular weight excluding hydrogens is 643 g/mol. The zero-order chi connectivity index (χ0) is 35.1. The minimum absolute atomic E-state index is 0.707. The molecule has 248 valence electrons. The van der Waals surface area contributed by atoms with E-state index in [0.29, 0.717) is 5.82 Å². The van der Waals surface area contributed by atoms with Crippen LogP contribution in [0.1, 0.15) is 0 Å². The van der Waals surface area contributed by atoms with E-state index in [9.17, 15) is 0 Å². The van der Waals surface area contributed by atoms with Crippen molar-refractivity contribution < 1.29 is 0 Å². The van der Waals surface area contributed by atoms with Crippen LogP contribution in [-0.2, 0) is 0 Å². The molecular formula is C50H33N3. The summed E-state index contributed by atoms with van der Waals surface area (Å²) < 4.78 is 2.36. The highest BCUT2D eigenvalue weighted by Gasteiger charge is 2.16. The van der Waals surface area contributed by atoms with Gasteiger partial charge in [0.2, 0.25) is 0 Å². The molecule has 10 rings (SSSR count). The summed E-state index contributed by atoms with van der Waals surface area (Å²) in [6.07, 6.45) is 0. The van der Waals surface area contributed by atoms with Crippen LogP contribution in [0.25, 0.3) is 94.4 Å². The lowest BCUT2D eigenvalue weighted by molar-refractivity contribution is 1.18. The van der Waals surface area contributed by atoms with Gasteiger partial charge in [-0.2, -0.15) is 0 Å². The fraction of sp³-hybridized carbons (Fsp3) is 0. The van der Waals surface area contributed by atoms with Gasteiger partial charge in [0.25, 0.3) is 0 Å². The predicted octanol–water partition coefficient (Wildman–Crippen LogP) is 13.1. The van der Waals surface area contributed by atoms with Crippen LogP contribution in [-0.4, -0.2) is 14.5 Å². The maximum atomic E-state index is 5.19. The Balaban J connectivity index is 1.07. The van der Waals surface area contributed by atoms with E-state index in [1.54, 1.807) is 0 Å². The maximum absolute atomic E-state index is 5.19. The minimum Gasteiger partial charge on any atom is -0.309 e. The summed E-state index contributed by atoms with van der Waals surface area (Å²) in [7, 11) is 0. The SMILES string of the molecule is c1ccc(-c2ccc(-c3cc(-c4ccc(-c5ccc(-n6c7ccccc7c7ccccc76)cc5)c5ccccc45)nc(-c4ccccc4)n3)cc2)cc1. The smallest absolute Gasteiger partial charge is 0.160 e. The van der Waals surface area contributed by atoms with Crippen molar-refractivity contribution in [2.45, 2.75) is 0 Å². The highest BCUT2D eigenvalue weighted by molar-refractivity contribution is 6.09. The van der Waals surface area contributed by atoms with Gasteiger partial charge in [-0.25, -0.2) is 9.97 Å². The summed E-state index contributed by atoms with van der Waals surface area (Å²) in [5.74, 6) is 0.707. The Bertz CT molecular complexity index is 2850. The average molecular weight is 676 g/mol. The van der Waals surface area contributed by atoms with Gasteiger partial charge in [-0.15, -0.1) is 0 Å². The molecule has 53 heavy (non-hydrogen) atoms. The molecule has 0 spiro atoms. The normalized spacial score (nSPS) is 11.4. The molecule has 3 heteroatoms. The lowest BCUT2D eigenvalue weighted by atomic mass is 9.93. The number of fused-ring (bicyclic) bond motifs is 4. The third kappa shape index (κ3) is 5.47. The number of para-hydroxylation sites is 2. The van der Waals surface area contributed by atoms with Crippen LogP contribution >= 0.6 is 0 Å². The molecule has 0 aliphatic carbocycles. The van der Waals surface area contributed by atoms with Crippen LogP contribution in [0.2, 0.25) is 0 Å². The van der Waals surface area contributed by atoms with Gasteiger partial charge in [0.15, 0.2) is 5.82 Å². The number of nitrogens with zero attached hydrogens (tertiary/aromatic N) is 3. The number of hydrogen-bond acceptors (Lipinski definition) is 2. The van der Waals surface area contributed by atoms with Gasteiger partial charge >= 0.3 is 0 Å². The van der Waals surface area contributed by atoms with Crippen LogP contribution in [0.15, 0.2) is 200 Å². The van der Waals surface area contributed by atoms with Gasteiger partial charge in [0, 0.05) is 33.2 Å². The zero-order valence-electron chi connectivity index (χ0n) is 28.9. The first-order valence-corrected chi connectivity index (χ1v) is 18.0. The minimum atomic E-state index is 0.707. The Morgan fingerprint density at radius 2 is 0.755 bits per heavy atom. The summed E-state index contributed by atoms with van der Waals surface area (Å²) in [5, 5.41) is 4.87. The molecule has 2 heterocycles. The molecule has 8 aromatic carbocycles. The number of benzene rings is 8. The maximum Gasteiger partial charge on any atom is 0.160 e. The molecule has 2 aromatic heterocycles. The first-order valence-electron chi connectivity index (χ1n) is 18.0. The lowest BCUT2D eigenvalue weighted by Crippen LogP contribution is -1.97. The van der Waals surface area contributed by atoms with E-state index in [1.807, 2.05) is 24.3 Å². The van der Waals surface area contributed by atoms with Crippen LogP contribution in [0, 0.1) is 0 Å². The van der Waals surface area contributed by atoms with Crippen LogP contribution < -0.4 is 0 Å². The molecule has 0 aliphatic heterocycles. The van der Waals surface area contributed by atoms with Crippen molar-refractivity contribution in [3.05, 3.63) is 200 Å². The van der Waals surface area contributed by atoms with Gasteiger partial charge in [-0.3, -0.25) is 0 Å². The quantitative estimate of drug-likeness (QED) is 0.176. The van der Waals surface area contributed by atoms with Crippen molar-refractivity contribution in [3.8, 4) is 61.8 Å². The van der Waals surface area contributed by atoms with Crippen molar-refractivity contribution in [2.24, 2.45) is 0 Å². The Hall–Kier alpha value is -7.10. The van der Waals surface area contributed by atoms with Crippen LogP contribution in [0.3, 0.4) is 0 Å². The van der Waals surface area contributed by atoms with E-state index in [1.165, 1.54) is 49.4 Å². The molecule has 10 aromatic rings. The molecule has 0 saturated heterocycles. The highest BCUT2D eigenvalue weighted by Crippen LogP contribution is 2.38. The van der Waals surface area contributed by atoms with Crippen molar-refractivity contribution in [1.29, 1.82) is 0 Å². The zero-order valence-corrected chi connectivity index (χ0v) is 28.9. The Labute approximate surface area is 308 Å². The third-order valence-corrected chi connectivity index (χ3v) is 10.3. The third-order valence-electron chi connectivity index (χ3n) is 10.3. The van der Waals surface area contributed by atoms with Crippen molar-refractivity contribution >= 4 is 32.6 Å². The summed E-state index contributed by atoms with van der Waals surface area (Å²) in [6, 6.07) is 70.9. The molecule has 0 atom stereocenters. The van der Waals surface area contributed by atoms with Crippen molar-refractivity contribution in [3.63, 3.8) is 0 Å². The second-order valence-electron chi connectivity index (χ2n) is 13.4. The second kappa shape index (κ2) is 12.9. The van der Waals surface area contributed by atoms with Crippen LogP contribution in [0.5, 0.6) is 0 Å². The van der Waals surface area contributed by atoms with Gasteiger partial charge in [0.1, 0.15) is 0 Å². The first-order chi connectivity index (χ1) is 26.3. The van der Waals surface area contributed by atoms with Gasteiger partial charge in [-0.1, -0.05) is 170 Å². The largest absolute Gasteiger partial charge is 0.309 e. The van der Waals surface area contributed by atoms with E-state index in [2.05, 4.69) is 180 Å². The first kappa shape index (κ1) is 30.7. The van der Waals surface area contributed by atoms with Gasteiger partial charge in [0.05, 0.1) is 22.4 Å². The monoisotopic (exact) mass is 675 g/mol. The van der Waals surface area contributed by atoms with E-state index in [-0.39, 0.29) is 0 Å².